The number of hydrogen-bond donors (Lipinski definition) is 1. The molecule has 2 aromatic rings. The van der Waals surface area contributed by atoms with Crippen molar-refractivity contribution in [1.29, 1.82) is 0 Å². The van der Waals surface area contributed by atoms with Crippen molar-refractivity contribution in [2.75, 3.05) is 0 Å². The number of aryl methyl sites for hydroxylation is 1. The van der Waals surface area contributed by atoms with Crippen molar-refractivity contribution in [2.45, 2.75) is 54.7 Å². The number of benzene rings is 1. The lowest BCUT2D eigenvalue weighted by Gasteiger charge is -2.37. The molecule has 0 saturated heterocycles. The molecule has 0 spiro atoms. The molecule has 1 aliphatic carbocycles. The van der Waals surface area contributed by atoms with Gasteiger partial charge in [0.1, 0.15) is 4.90 Å². The summed E-state index contributed by atoms with van der Waals surface area (Å²) in [4.78, 5) is -0.617. The normalized spacial score (nSPS) is 19.9. The van der Waals surface area contributed by atoms with E-state index in [1.165, 1.54) is 12.1 Å². The van der Waals surface area contributed by atoms with Crippen LogP contribution in [-0.2, 0) is 31.9 Å². The van der Waals surface area contributed by atoms with Crippen molar-refractivity contribution < 1.29 is 35.1 Å². The van der Waals surface area contributed by atoms with Crippen molar-refractivity contribution in [3.05, 3.63) is 47.3 Å². The average molecular weight is 486 g/mol. The Morgan fingerprint density at radius 1 is 1.13 bits per heavy atom. The summed E-state index contributed by atoms with van der Waals surface area (Å²) in [5.41, 5.74) is -2.37. The monoisotopic (exact) mass is 485 g/mol. The first-order chi connectivity index (χ1) is 13.6. The lowest BCUT2D eigenvalue weighted by Crippen LogP contribution is -2.50. The molecule has 0 radical (unpaired) electrons. The van der Waals surface area contributed by atoms with Crippen LogP contribution in [0.5, 0.6) is 0 Å². The van der Waals surface area contributed by atoms with Gasteiger partial charge in [0.2, 0.25) is 0 Å². The minimum Gasteiger partial charge on any atom is -0.380 e. The molecule has 30 heavy (non-hydrogen) atoms. The number of nitrogens with zero attached hydrogens (tertiary/aromatic N) is 1. The highest BCUT2D eigenvalue weighted by Crippen LogP contribution is 2.44. The molecule has 12 heteroatoms. The Labute approximate surface area is 176 Å². The van der Waals surface area contributed by atoms with E-state index in [-0.39, 0.29) is 29.0 Å². The van der Waals surface area contributed by atoms with Crippen molar-refractivity contribution in [3.8, 4) is 0 Å². The van der Waals surface area contributed by atoms with Gasteiger partial charge in [0.05, 0.1) is 4.90 Å². The van der Waals surface area contributed by atoms with Gasteiger partial charge in [0, 0.05) is 28.5 Å². The number of fused-ring (bicyclic) bond motifs is 1. The molecule has 2 atom stereocenters. The Morgan fingerprint density at radius 3 is 2.20 bits per heavy atom. The molecule has 0 bridgehead atoms. The number of rotatable bonds is 4. The van der Waals surface area contributed by atoms with Gasteiger partial charge in [-0.3, -0.25) is 0 Å². The average Bonchev–Trinajstić information content (AvgIpc) is 3.01. The second-order valence-corrected chi connectivity index (χ2v) is 11.9. The van der Waals surface area contributed by atoms with Crippen molar-refractivity contribution >= 4 is 29.8 Å². The predicted molar refractivity (Wildman–Crippen MR) is 103 cm³/mol. The van der Waals surface area contributed by atoms with Crippen molar-refractivity contribution in [1.82, 2.24) is 3.97 Å². The molecule has 1 aliphatic rings. The molecule has 1 N–H and O–H groups in total. The lowest BCUT2D eigenvalue weighted by molar-refractivity contribution is -0.273. The van der Waals surface area contributed by atoms with Gasteiger partial charge in [0.15, 0.2) is 5.60 Å². The van der Waals surface area contributed by atoms with Crippen LogP contribution in [-0.4, -0.2) is 37.7 Å². The van der Waals surface area contributed by atoms with Crippen LogP contribution < -0.4 is 0 Å². The maximum Gasteiger partial charge on any atom is 0.417 e. The van der Waals surface area contributed by atoms with E-state index in [1.807, 2.05) is 0 Å². The summed E-state index contributed by atoms with van der Waals surface area (Å²) in [6.07, 6.45) is -4.96. The molecule has 2 unspecified atom stereocenters. The van der Waals surface area contributed by atoms with Crippen LogP contribution >= 0.6 is 10.7 Å². The SMILES string of the molecule is Cc1ccc(S(=O)(=O)n2cc(S(=O)(=O)Cl)c3c2CC(C(C)(O)C(F)(F)F)CC3)cc1. The van der Waals surface area contributed by atoms with Gasteiger partial charge in [-0.2, -0.15) is 13.2 Å². The molecule has 0 fully saturated rings. The van der Waals surface area contributed by atoms with E-state index in [1.54, 1.807) is 19.1 Å². The van der Waals surface area contributed by atoms with Gasteiger partial charge in [-0.15, -0.1) is 0 Å². The summed E-state index contributed by atoms with van der Waals surface area (Å²) in [5.74, 6) is -1.36. The highest BCUT2D eigenvalue weighted by molar-refractivity contribution is 8.13. The quantitative estimate of drug-likeness (QED) is 0.670. The zero-order valence-electron chi connectivity index (χ0n) is 15.9. The fraction of sp³-hybridized carbons (Fsp3) is 0.444. The fourth-order valence-electron chi connectivity index (χ4n) is 3.63. The zero-order valence-corrected chi connectivity index (χ0v) is 18.3. The fourth-order valence-corrected chi connectivity index (χ4v) is 6.27. The standard InChI is InChI=1S/C18H19ClF3NO5S2/c1-11-3-6-13(7-4-11)30(27,28)23-10-16(29(19,25)26)14-8-5-12(9-15(14)23)17(2,24)18(20,21)22/h3-4,6-7,10,12,24H,5,8-9H2,1-2H3. The van der Waals surface area contributed by atoms with E-state index in [2.05, 4.69) is 0 Å². The molecule has 0 amide bonds. The third-order valence-electron chi connectivity index (χ3n) is 5.54. The highest BCUT2D eigenvalue weighted by Gasteiger charge is 2.55. The summed E-state index contributed by atoms with van der Waals surface area (Å²) in [6.45, 7) is 2.37. The lowest BCUT2D eigenvalue weighted by atomic mass is 9.77. The van der Waals surface area contributed by atoms with Gasteiger partial charge in [-0.05, 0) is 50.8 Å². The van der Waals surface area contributed by atoms with Crippen LogP contribution in [0.4, 0.5) is 13.2 Å². The van der Waals surface area contributed by atoms with Gasteiger partial charge in [0.25, 0.3) is 19.1 Å². The molecule has 1 heterocycles. The number of aliphatic hydroxyl groups is 1. The Bertz CT molecular complexity index is 1180. The van der Waals surface area contributed by atoms with Crippen LogP contribution in [0, 0.1) is 12.8 Å². The van der Waals surface area contributed by atoms with Gasteiger partial charge >= 0.3 is 6.18 Å². The minimum atomic E-state index is -4.94. The van der Waals surface area contributed by atoms with Crippen molar-refractivity contribution in [3.63, 3.8) is 0 Å². The summed E-state index contributed by atoms with van der Waals surface area (Å²) < 4.78 is 91.0. The van der Waals surface area contributed by atoms with Crippen LogP contribution in [0.1, 0.15) is 30.2 Å². The van der Waals surface area contributed by atoms with Crippen LogP contribution in [0.2, 0.25) is 0 Å². The number of halogens is 4. The van der Waals surface area contributed by atoms with Gasteiger partial charge in [-0.25, -0.2) is 20.8 Å². The van der Waals surface area contributed by atoms with E-state index in [0.717, 1.165) is 11.8 Å². The van der Waals surface area contributed by atoms with Crippen LogP contribution in [0.15, 0.2) is 40.3 Å². The first-order valence-electron chi connectivity index (χ1n) is 8.86. The Morgan fingerprint density at radius 2 is 1.70 bits per heavy atom. The number of alkyl halides is 3. The first-order valence-corrected chi connectivity index (χ1v) is 12.6. The smallest absolute Gasteiger partial charge is 0.380 e. The summed E-state index contributed by atoms with van der Waals surface area (Å²) >= 11 is 0. The van der Waals surface area contributed by atoms with E-state index < -0.39 is 48.1 Å². The first kappa shape index (κ1) is 23.1. The molecule has 0 saturated carbocycles. The highest BCUT2D eigenvalue weighted by atomic mass is 35.7. The number of aromatic nitrogens is 1. The van der Waals surface area contributed by atoms with E-state index in [4.69, 9.17) is 10.7 Å². The molecule has 0 aliphatic heterocycles. The molecular formula is C18H19ClF3NO5S2. The maximum absolute atomic E-state index is 13.3. The summed E-state index contributed by atoms with van der Waals surface area (Å²) in [5, 5.41) is 10.1. The molecule has 1 aromatic heterocycles. The second kappa shape index (κ2) is 7.25. The summed E-state index contributed by atoms with van der Waals surface area (Å²) in [7, 11) is -3.20. The zero-order chi connectivity index (χ0) is 22.7. The Balaban J connectivity index is 2.20. The largest absolute Gasteiger partial charge is 0.417 e. The van der Waals surface area contributed by atoms with Crippen LogP contribution in [0.3, 0.4) is 0 Å². The van der Waals surface area contributed by atoms with E-state index >= 15 is 0 Å². The topological polar surface area (TPSA) is 93.4 Å². The third kappa shape index (κ3) is 3.88. The van der Waals surface area contributed by atoms with E-state index in [9.17, 15) is 35.1 Å². The minimum absolute atomic E-state index is 0.0508. The molecule has 166 valence electrons. The predicted octanol–water partition coefficient (Wildman–Crippen LogP) is 3.38. The van der Waals surface area contributed by atoms with Gasteiger partial charge < -0.3 is 5.11 Å². The molecular weight excluding hydrogens is 467 g/mol. The van der Waals surface area contributed by atoms with Crippen molar-refractivity contribution in [2.24, 2.45) is 5.92 Å². The maximum atomic E-state index is 13.3. The Kier molecular flexibility index (Phi) is 5.58. The van der Waals surface area contributed by atoms with E-state index in [0.29, 0.717) is 10.9 Å². The third-order valence-corrected chi connectivity index (χ3v) is 8.63. The molecule has 6 nitrogen and oxygen atoms in total. The van der Waals surface area contributed by atoms with Gasteiger partial charge in [-0.1, -0.05) is 17.7 Å². The molecule has 1 aromatic carbocycles. The summed E-state index contributed by atoms with van der Waals surface area (Å²) in [6, 6.07) is 5.72. The Hall–Kier alpha value is -1.56. The van der Waals surface area contributed by atoms with Crippen LogP contribution in [0.25, 0.3) is 0 Å². The number of hydrogen-bond acceptors (Lipinski definition) is 5. The molecule has 3 rings (SSSR count). The second-order valence-electron chi connectivity index (χ2n) is 7.56.